The average Bonchev–Trinajstić information content (AvgIpc) is 2.73. The molecule has 5 nitrogen and oxygen atoms in total. The summed E-state index contributed by atoms with van der Waals surface area (Å²) in [6.45, 7) is 2.32. The van der Waals surface area contributed by atoms with Crippen molar-refractivity contribution in [3.05, 3.63) is 88.7 Å². The van der Waals surface area contributed by atoms with Gasteiger partial charge in [-0.05, 0) is 41.8 Å². The highest BCUT2D eigenvalue weighted by atomic mass is 19.1. The third-order valence-corrected chi connectivity index (χ3v) is 4.90. The molecule has 3 rings (SSSR count). The van der Waals surface area contributed by atoms with Crippen molar-refractivity contribution in [3.8, 4) is 16.9 Å². The first-order valence-corrected chi connectivity index (χ1v) is 9.97. The van der Waals surface area contributed by atoms with Gasteiger partial charge in [0.1, 0.15) is 18.2 Å². The maximum Gasteiger partial charge on any atom is 0.307 e. The molecule has 0 spiro atoms. The summed E-state index contributed by atoms with van der Waals surface area (Å²) in [5.41, 5.74) is 9.81. The van der Waals surface area contributed by atoms with Gasteiger partial charge in [-0.15, -0.1) is 0 Å². The number of benzene rings is 3. The minimum atomic E-state index is -0.926. The smallest absolute Gasteiger partial charge is 0.307 e. The van der Waals surface area contributed by atoms with E-state index in [0.717, 1.165) is 11.1 Å². The Morgan fingerprint density at radius 1 is 1.06 bits per heavy atom. The van der Waals surface area contributed by atoms with Crippen molar-refractivity contribution in [2.24, 2.45) is 5.73 Å². The zero-order valence-corrected chi connectivity index (χ0v) is 17.6. The molecule has 3 N–H and O–H groups in total. The van der Waals surface area contributed by atoms with Gasteiger partial charge in [-0.2, -0.15) is 0 Å². The highest BCUT2D eigenvalue weighted by molar-refractivity contribution is 5.71. The van der Waals surface area contributed by atoms with Gasteiger partial charge in [0.2, 0.25) is 0 Å². The topological polar surface area (TPSA) is 81.8 Å². The molecule has 0 bridgehead atoms. The number of aliphatic carboxylic acids is 1. The Morgan fingerprint density at radius 2 is 1.77 bits per heavy atom. The Balaban J connectivity index is 1.94. The van der Waals surface area contributed by atoms with Crippen molar-refractivity contribution in [2.75, 3.05) is 7.11 Å². The van der Waals surface area contributed by atoms with Crippen LogP contribution in [-0.2, 0) is 29.2 Å². The largest absolute Gasteiger partial charge is 0.489 e. The van der Waals surface area contributed by atoms with Crippen LogP contribution < -0.4 is 10.5 Å². The third kappa shape index (κ3) is 5.69. The van der Waals surface area contributed by atoms with E-state index in [4.69, 9.17) is 20.3 Å². The zero-order valence-electron chi connectivity index (χ0n) is 17.6. The molecule has 0 heterocycles. The fraction of sp³-hybridized carbons (Fsp3) is 0.240. The van der Waals surface area contributed by atoms with Crippen LogP contribution in [0.4, 0.5) is 4.39 Å². The van der Waals surface area contributed by atoms with Crippen LogP contribution in [0, 0.1) is 5.82 Å². The van der Waals surface area contributed by atoms with Crippen molar-refractivity contribution in [2.45, 2.75) is 32.6 Å². The number of nitrogens with two attached hydrogens (primary N) is 1. The Kier molecular flexibility index (Phi) is 7.39. The van der Waals surface area contributed by atoms with E-state index in [9.17, 15) is 4.79 Å². The van der Waals surface area contributed by atoms with Crippen LogP contribution in [0.5, 0.6) is 5.75 Å². The van der Waals surface area contributed by atoms with Gasteiger partial charge < -0.3 is 20.3 Å². The summed E-state index contributed by atoms with van der Waals surface area (Å²) >= 11 is 0. The normalized spacial score (nSPS) is 11.9. The van der Waals surface area contributed by atoms with Crippen LogP contribution in [0.25, 0.3) is 11.1 Å². The van der Waals surface area contributed by atoms with Crippen molar-refractivity contribution in [1.29, 1.82) is 0 Å². The standard InChI is InChI=1S/C25H26FNO4/c1-16(27)21-7-5-8-22(25(21)26)20-11-17(14-30-2)10-18(12-20)15-31-23-9-4-3-6-19(23)13-24(28)29/h3-12,16H,13-15,27H2,1-2H3,(H,28,29)/t16-/m0/s1. The Labute approximate surface area is 181 Å². The van der Waals surface area contributed by atoms with E-state index in [1.165, 1.54) is 0 Å². The number of methoxy groups -OCH3 is 1. The third-order valence-electron chi connectivity index (χ3n) is 4.90. The fourth-order valence-corrected chi connectivity index (χ4v) is 3.49. The number of carbonyl (C=O) groups is 1. The van der Waals surface area contributed by atoms with E-state index < -0.39 is 12.0 Å². The van der Waals surface area contributed by atoms with Gasteiger partial charge in [-0.25, -0.2) is 4.39 Å². The maximum atomic E-state index is 15.1. The molecule has 3 aromatic carbocycles. The summed E-state index contributed by atoms with van der Waals surface area (Å²) in [6, 6.07) is 17.5. The molecule has 162 valence electrons. The molecule has 6 heteroatoms. The number of para-hydroxylation sites is 1. The lowest BCUT2D eigenvalue weighted by molar-refractivity contribution is -0.136. The Bertz CT molecular complexity index is 1070. The lowest BCUT2D eigenvalue weighted by Gasteiger charge is -2.15. The van der Waals surface area contributed by atoms with Gasteiger partial charge in [0.25, 0.3) is 0 Å². The van der Waals surface area contributed by atoms with Crippen molar-refractivity contribution in [3.63, 3.8) is 0 Å². The number of carboxylic acid groups (broad SMARTS) is 1. The summed E-state index contributed by atoms with van der Waals surface area (Å²) in [5.74, 6) is -0.760. The maximum absolute atomic E-state index is 15.1. The molecule has 0 radical (unpaired) electrons. The second-order valence-electron chi connectivity index (χ2n) is 7.44. The number of hydrogen-bond acceptors (Lipinski definition) is 4. The van der Waals surface area contributed by atoms with Crippen LogP contribution in [0.15, 0.2) is 60.7 Å². The second kappa shape index (κ2) is 10.2. The molecular weight excluding hydrogens is 397 g/mol. The molecule has 0 fully saturated rings. The molecule has 0 aliphatic carbocycles. The van der Waals surface area contributed by atoms with Gasteiger partial charge in [-0.3, -0.25) is 4.79 Å². The molecular formula is C25H26FNO4. The zero-order chi connectivity index (χ0) is 22.4. The number of rotatable bonds is 9. The second-order valence-corrected chi connectivity index (χ2v) is 7.44. The monoisotopic (exact) mass is 423 g/mol. The first kappa shape index (κ1) is 22.5. The molecule has 1 atom stereocenters. The summed E-state index contributed by atoms with van der Waals surface area (Å²) in [4.78, 5) is 11.1. The SMILES string of the molecule is COCc1cc(COc2ccccc2CC(=O)O)cc(-c2cccc([C@H](C)N)c2F)c1. The molecule has 31 heavy (non-hydrogen) atoms. The van der Waals surface area contributed by atoms with Gasteiger partial charge in [0, 0.05) is 29.8 Å². The first-order valence-electron chi connectivity index (χ1n) is 9.97. The number of halogens is 1. The summed E-state index contributed by atoms with van der Waals surface area (Å²) in [5, 5.41) is 9.11. The molecule has 0 amide bonds. The Hall–Kier alpha value is -3.22. The average molecular weight is 423 g/mol. The van der Waals surface area contributed by atoms with E-state index in [2.05, 4.69) is 0 Å². The summed E-state index contributed by atoms with van der Waals surface area (Å²) < 4.78 is 26.3. The fourth-order valence-electron chi connectivity index (χ4n) is 3.49. The predicted molar refractivity (Wildman–Crippen MR) is 117 cm³/mol. The minimum absolute atomic E-state index is 0.125. The highest BCUT2D eigenvalue weighted by Crippen LogP contribution is 2.30. The van der Waals surface area contributed by atoms with Gasteiger partial charge >= 0.3 is 5.97 Å². The van der Waals surface area contributed by atoms with Crippen LogP contribution >= 0.6 is 0 Å². The van der Waals surface area contributed by atoms with E-state index in [1.807, 2.05) is 18.2 Å². The number of ether oxygens (including phenoxy) is 2. The summed E-state index contributed by atoms with van der Waals surface area (Å²) in [7, 11) is 1.60. The molecule has 0 aliphatic rings. The van der Waals surface area contributed by atoms with E-state index in [1.54, 1.807) is 56.5 Å². The van der Waals surface area contributed by atoms with Crippen molar-refractivity contribution >= 4 is 5.97 Å². The highest BCUT2D eigenvalue weighted by Gasteiger charge is 2.14. The van der Waals surface area contributed by atoms with Crippen molar-refractivity contribution in [1.82, 2.24) is 0 Å². The molecule has 0 saturated heterocycles. The molecule has 0 aliphatic heterocycles. The first-order chi connectivity index (χ1) is 14.9. The lowest BCUT2D eigenvalue weighted by atomic mass is 9.96. The predicted octanol–water partition coefficient (Wildman–Crippen LogP) is 4.86. The molecule has 0 unspecified atom stereocenters. The minimum Gasteiger partial charge on any atom is -0.489 e. The molecule has 0 saturated carbocycles. The van der Waals surface area contributed by atoms with Crippen LogP contribution in [-0.4, -0.2) is 18.2 Å². The quantitative estimate of drug-likeness (QED) is 0.513. The lowest BCUT2D eigenvalue weighted by Crippen LogP contribution is -2.08. The van der Waals surface area contributed by atoms with E-state index in [-0.39, 0.29) is 18.8 Å². The van der Waals surface area contributed by atoms with Gasteiger partial charge in [0.05, 0.1) is 13.0 Å². The summed E-state index contributed by atoms with van der Waals surface area (Å²) in [6.07, 6.45) is -0.125. The van der Waals surface area contributed by atoms with Crippen LogP contribution in [0.3, 0.4) is 0 Å². The van der Waals surface area contributed by atoms with Gasteiger partial charge in [-0.1, -0.05) is 42.5 Å². The molecule has 0 aromatic heterocycles. The van der Waals surface area contributed by atoms with E-state index in [0.29, 0.717) is 34.6 Å². The number of carboxylic acids is 1. The number of hydrogen-bond donors (Lipinski definition) is 2. The molecule has 3 aromatic rings. The van der Waals surface area contributed by atoms with Crippen molar-refractivity contribution < 1.29 is 23.8 Å². The van der Waals surface area contributed by atoms with Crippen LogP contribution in [0.1, 0.15) is 35.2 Å². The Morgan fingerprint density at radius 3 is 2.45 bits per heavy atom. The van der Waals surface area contributed by atoms with Gasteiger partial charge in [0.15, 0.2) is 0 Å². The van der Waals surface area contributed by atoms with Crippen LogP contribution in [0.2, 0.25) is 0 Å². The van der Waals surface area contributed by atoms with E-state index >= 15 is 4.39 Å².